The van der Waals surface area contributed by atoms with E-state index in [1.807, 2.05) is 0 Å². The minimum absolute atomic E-state index is 0.0644. The third-order valence-electron chi connectivity index (χ3n) is 4.80. The number of imide groups is 1. The van der Waals surface area contributed by atoms with Crippen molar-refractivity contribution in [2.24, 2.45) is 5.92 Å². The third kappa shape index (κ3) is 4.48. The van der Waals surface area contributed by atoms with Crippen LogP contribution in [0.5, 0.6) is 5.75 Å². The molecular weight excluding hydrogens is 429 g/mol. The standard InChI is InChI=1S/C25H22FNO4S/c1-16(2)14-31-18-11-9-17(10-12-18)22-23(32-15-19-6-5-13-30-19)25(29)27(24(22)28)21-8-4-3-7-20(21)26/h3-13,16H,14-15H2,1-2H3. The minimum atomic E-state index is -0.636. The molecule has 4 rings (SSSR count). The fraction of sp³-hybridized carbons (Fsp3) is 0.200. The number of nitrogens with zero attached hydrogens (tertiary/aromatic N) is 1. The maximum Gasteiger partial charge on any atom is 0.272 e. The quantitative estimate of drug-likeness (QED) is 0.413. The van der Waals surface area contributed by atoms with Gasteiger partial charge in [0.1, 0.15) is 17.3 Å². The number of benzene rings is 2. The van der Waals surface area contributed by atoms with Crippen LogP contribution in [0.15, 0.2) is 76.2 Å². The molecule has 2 aromatic carbocycles. The van der Waals surface area contributed by atoms with Gasteiger partial charge in [-0.2, -0.15) is 0 Å². The summed E-state index contributed by atoms with van der Waals surface area (Å²) in [6.45, 7) is 4.69. The maximum absolute atomic E-state index is 14.5. The molecule has 32 heavy (non-hydrogen) atoms. The van der Waals surface area contributed by atoms with Crippen LogP contribution in [0, 0.1) is 11.7 Å². The average molecular weight is 452 g/mol. The van der Waals surface area contributed by atoms with Crippen molar-refractivity contribution in [2.45, 2.75) is 19.6 Å². The largest absolute Gasteiger partial charge is 0.493 e. The Bertz CT molecular complexity index is 1150. The number of halogens is 1. The first-order valence-electron chi connectivity index (χ1n) is 10.2. The molecule has 7 heteroatoms. The van der Waals surface area contributed by atoms with Crippen LogP contribution in [-0.2, 0) is 15.3 Å². The van der Waals surface area contributed by atoms with Gasteiger partial charge in [0, 0.05) is 0 Å². The highest BCUT2D eigenvalue weighted by atomic mass is 32.2. The molecule has 0 radical (unpaired) electrons. The van der Waals surface area contributed by atoms with Crippen molar-refractivity contribution in [3.8, 4) is 5.75 Å². The molecular formula is C25H22FNO4S. The zero-order valence-corrected chi connectivity index (χ0v) is 18.5. The van der Waals surface area contributed by atoms with Crippen LogP contribution < -0.4 is 9.64 Å². The van der Waals surface area contributed by atoms with Crippen LogP contribution in [0.4, 0.5) is 10.1 Å². The Morgan fingerprint density at radius 2 is 1.75 bits per heavy atom. The summed E-state index contributed by atoms with van der Waals surface area (Å²) in [6, 6.07) is 16.3. The number of amides is 2. The minimum Gasteiger partial charge on any atom is -0.493 e. The van der Waals surface area contributed by atoms with Gasteiger partial charge in [0.2, 0.25) is 0 Å². The topological polar surface area (TPSA) is 59.8 Å². The molecule has 3 aromatic rings. The maximum atomic E-state index is 14.5. The van der Waals surface area contributed by atoms with Gasteiger partial charge in [0.05, 0.1) is 34.8 Å². The first kappa shape index (κ1) is 21.9. The molecule has 0 aliphatic carbocycles. The summed E-state index contributed by atoms with van der Waals surface area (Å²) < 4.78 is 25.5. The highest BCUT2D eigenvalue weighted by Crippen LogP contribution is 2.40. The molecule has 1 aliphatic heterocycles. The number of furan rings is 1. The molecule has 2 heterocycles. The summed E-state index contributed by atoms with van der Waals surface area (Å²) in [5, 5.41) is 0. The fourth-order valence-corrected chi connectivity index (χ4v) is 4.28. The van der Waals surface area contributed by atoms with Crippen molar-refractivity contribution < 1.29 is 23.1 Å². The Kier molecular flexibility index (Phi) is 6.46. The Balaban J connectivity index is 1.69. The first-order valence-corrected chi connectivity index (χ1v) is 11.2. The molecule has 1 aromatic heterocycles. The Hall–Kier alpha value is -3.32. The second kappa shape index (κ2) is 9.44. The van der Waals surface area contributed by atoms with Gasteiger partial charge < -0.3 is 9.15 Å². The van der Waals surface area contributed by atoms with Crippen LogP contribution in [-0.4, -0.2) is 18.4 Å². The number of rotatable bonds is 8. The number of ether oxygens (including phenoxy) is 1. The number of thioether (sulfide) groups is 1. The van der Waals surface area contributed by atoms with E-state index in [0.717, 1.165) is 4.90 Å². The van der Waals surface area contributed by atoms with Gasteiger partial charge in [-0.05, 0) is 47.9 Å². The van der Waals surface area contributed by atoms with Crippen LogP contribution in [0.3, 0.4) is 0 Å². The number of para-hydroxylation sites is 1. The van der Waals surface area contributed by atoms with E-state index in [0.29, 0.717) is 35.4 Å². The lowest BCUT2D eigenvalue weighted by Gasteiger charge is -2.16. The smallest absolute Gasteiger partial charge is 0.272 e. The van der Waals surface area contributed by atoms with Crippen LogP contribution in [0.2, 0.25) is 0 Å². The zero-order valence-electron chi connectivity index (χ0n) is 17.7. The number of hydrogen-bond donors (Lipinski definition) is 0. The van der Waals surface area contributed by atoms with E-state index in [4.69, 9.17) is 9.15 Å². The van der Waals surface area contributed by atoms with E-state index >= 15 is 0 Å². The van der Waals surface area contributed by atoms with E-state index in [-0.39, 0.29) is 16.2 Å². The lowest BCUT2D eigenvalue weighted by atomic mass is 10.1. The second-order valence-corrected chi connectivity index (χ2v) is 8.68. The SMILES string of the molecule is CC(C)COc1ccc(C2=C(SCc3ccco3)C(=O)N(c3ccccc3F)C2=O)cc1. The van der Waals surface area contributed by atoms with Crippen molar-refractivity contribution in [1.29, 1.82) is 0 Å². The normalized spacial score (nSPS) is 14.1. The van der Waals surface area contributed by atoms with Crippen molar-refractivity contribution in [2.75, 3.05) is 11.5 Å². The molecule has 0 N–H and O–H groups in total. The molecule has 0 bridgehead atoms. The Morgan fingerprint density at radius 3 is 2.41 bits per heavy atom. The van der Waals surface area contributed by atoms with Crippen molar-refractivity contribution in [3.63, 3.8) is 0 Å². The predicted octanol–water partition coefficient (Wildman–Crippen LogP) is 5.67. The molecule has 0 fully saturated rings. The molecule has 2 amide bonds. The number of carbonyl (C=O) groups is 2. The fourth-order valence-electron chi connectivity index (χ4n) is 3.27. The molecule has 0 atom stereocenters. The summed E-state index contributed by atoms with van der Waals surface area (Å²) in [5.74, 6) is 0.351. The second-order valence-electron chi connectivity index (χ2n) is 7.70. The van der Waals surface area contributed by atoms with Gasteiger partial charge in [0.15, 0.2) is 0 Å². The molecule has 164 valence electrons. The van der Waals surface area contributed by atoms with E-state index in [1.54, 1.807) is 48.7 Å². The summed E-state index contributed by atoms with van der Waals surface area (Å²) in [5.41, 5.74) is 0.747. The molecule has 5 nitrogen and oxygen atoms in total. The van der Waals surface area contributed by atoms with Crippen molar-refractivity contribution in [3.05, 3.63) is 89.0 Å². The summed E-state index contributed by atoms with van der Waals surface area (Å²) in [7, 11) is 0. The Labute approximate surface area is 189 Å². The highest BCUT2D eigenvalue weighted by molar-refractivity contribution is 8.03. The van der Waals surface area contributed by atoms with Crippen molar-refractivity contribution in [1.82, 2.24) is 0 Å². The number of carbonyl (C=O) groups excluding carboxylic acids is 2. The van der Waals surface area contributed by atoms with Crippen LogP contribution >= 0.6 is 11.8 Å². The lowest BCUT2D eigenvalue weighted by molar-refractivity contribution is -0.119. The molecule has 0 unspecified atom stereocenters. The highest BCUT2D eigenvalue weighted by Gasteiger charge is 2.41. The zero-order chi connectivity index (χ0) is 22.7. The summed E-state index contributed by atoms with van der Waals surface area (Å²) >= 11 is 1.20. The van der Waals surface area contributed by atoms with E-state index < -0.39 is 17.6 Å². The predicted molar refractivity (Wildman–Crippen MR) is 123 cm³/mol. The summed E-state index contributed by atoms with van der Waals surface area (Å²) in [6.07, 6.45) is 1.55. The number of hydrogen-bond acceptors (Lipinski definition) is 5. The first-order chi connectivity index (χ1) is 15.5. The molecule has 0 saturated carbocycles. The van der Waals surface area contributed by atoms with E-state index in [2.05, 4.69) is 13.8 Å². The summed E-state index contributed by atoms with van der Waals surface area (Å²) in [4.78, 5) is 27.8. The van der Waals surface area contributed by atoms with Gasteiger partial charge in [-0.3, -0.25) is 9.59 Å². The van der Waals surface area contributed by atoms with E-state index in [9.17, 15) is 14.0 Å². The molecule has 0 saturated heterocycles. The average Bonchev–Trinajstić information content (AvgIpc) is 3.38. The van der Waals surface area contributed by atoms with Gasteiger partial charge in [-0.1, -0.05) is 38.1 Å². The van der Waals surface area contributed by atoms with E-state index in [1.165, 1.54) is 30.0 Å². The van der Waals surface area contributed by atoms with Crippen LogP contribution in [0.25, 0.3) is 5.57 Å². The number of anilines is 1. The Morgan fingerprint density at radius 1 is 1.00 bits per heavy atom. The van der Waals surface area contributed by atoms with Crippen molar-refractivity contribution >= 4 is 34.8 Å². The molecule has 0 spiro atoms. The van der Waals surface area contributed by atoms with Gasteiger partial charge in [-0.25, -0.2) is 9.29 Å². The molecule has 1 aliphatic rings. The van der Waals surface area contributed by atoms with Gasteiger partial charge in [-0.15, -0.1) is 11.8 Å². The monoisotopic (exact) mass is 451 g/mol. The van der Waals surface area contributed by atoms with Crippen LogP contribution in [0.1, 0.15) is 25.2 Å². The lowest BCUT2D eigenvalue weighted by Crippen LogP contribution is -2.32. The third-order valence-corrected chi connectivity index (χ3v) is 5.90. The van der Waals surface area contributed by atoms with Gasteiger partial charge >= 0.3 is 0 Å². The van der Waals surface area contributed by atoms with Gasteiger partial charge in [0.25, 0.3) is 11.8 Å².